The lowest BCUT2D eigenvalue weighted by Gasteiger charge is -2.20. The average molecular weight is 426 g/mol. The number of fused-ring (bicyclic) bond motifs is 1. The standard InChI is InChI=1S/C24H28FN3O3/c1-4-8-22(29)26-23-19-13-14-28(16-17-9-7-10-18(25)15-17)20(19)11-12-21(23)31-24(30)27(5-2)6-3/h7,9-15H,4-6,8,16H2,1-3H3,(H,26,29). The molecule has 31 heavy (non-hydrogen) atoms. The van der Waals surface area contributed by atoms with Crippen molar-refractivity contribution in [3.63, 3.8) is 0 Å². The molecule has 0 bridgehead atoms. The predicted molar refractivity (Wildman–Crippen MR) is 120 cm³/mol. The van der Waals surface area contributed by atoms with Gasteiger partial charge >= 0.3 is 6.09 Å². The second kappa shape index (κ2) is 10.1. The van der Waals surface area contributed by atoms with E-state index in [1.807, 2.05) is 49.7 Å². The molecule has 0 saturated heterocycles. The van der Waals surface area contributed by atoms with Gasteiger partial charge in [-0.05, 0) is 56.2 Å². The minimum Gasteiger partial charge on any atom is -0.408 e. The van der Waals surface area contributed by atoms with Crippen molar-refractivity contribution in [1.82, 2.24) is 9.47 Å². The Hall–Kier alpha value is -3.35. The van der Waals surface area contributed by atoms with Gasteiger partial charge in [-0.15, -0.1) is 0 Å². The van der Waals surface area contributed by atoms with Crippen molar-refractivity contribution >= 4 is 28.6 Å². The monoisotopic (exact) mass is 425 g/mol. The zero-order valence-electron chi connectivity index (χ0n) is 18.2. The molecule has 0 unspecified atom stereocenters. The van der Waals surface area contributed by atoms with Gasteiger partial charge < -0.3 is 19.5 Å². The molecule has 7 heteroatoms. The van der Waals surface area contributed by atoms with Crippen LogP contribution in [0.5, 0.6) is 5.75 Å². The highest BCUT2D eigenvalue weighted by atomic mass is 19.1. The third kappa shape index (κ3) is 5.23. The highest BCUT2D eigenvalue weighted by molar-refractivity contribution is 6.04. The molecule has 3 aromatic rings. The number of benzene rings is 2. The van der Waals surface area contributed by atoms with Gasteiger partial charge in [-0.3, -0.25) is 4.79 Å². The summed E-state index contributed by atoms with van der Waals surface area (Å²) in [6.45, 7) is 7.21. The molecule has 2 aromatic carbocycles. The van der Waals surface area contributed by atoms with Crippen molar-refractivity contribution < 1.29 is 18.7 Å². The lowest BCUT2D eigenvalue weighted by atomic mass is 10.1. The Morgan fingerprint density at radius 1 is 1.10 bits per heavy atom. The molecule has 6 nitrogen and oxygen atoms in total. The van der Waals surface area contributed by atoms with Crippen molar-refractivity contribution in [2.45, 2.75) is 40.2 Å². The van der Waals surface area contributed by atoms with E-state index < -0.39 is 6.09 Å². The van der Waals surface area contributed by atoms with Crippen LogP contribution >= 0.6 is 0 Å². The summed E-state index contributed by atoms with van der Waals surface area (Å²) in [4.78, 5) is 26.4. The summed E-state index contributed by atoms with van der Waals surface area (Å²) < 4.78 is 21.2. The molecule has 0 aliphatic heterocycles. The molecule has 0 radical (unpaired) electrons. The Morgan fingerprint density at radius 2 is 1.87 bits per heavy atom. The first-order chi connectivity index (χ1) is 15.0. The molecular formula is C24H28FN3O3. The number of hydrogen-bond donors (Lipinski definition) is 1. The lowest BCUT2D eigenvalue weighted by molar-refractivity contribution is -0.116. The molecule has 1 heterocycles. The van der Waals surface area contributed by atoms with Crippen molar-refractivity contribution in [3.8, 4) is 5.75 Å². The van der Waals surface area contributed by atoms with Crippen LogP contribution in [0, 0.1) is 5.82 Å². The summed E-state index contributed by atoms with van der Waals surface area (Å²) in [5, 5.41) is 3.67. The SMILES string of the molecule is CCCC(=O)Nc1c(OC(=O)N(CC)CC)ccc2c1ccn2Cc1cccc(F)c1. The molecule has 164 valence electrons. The summed E-state index contributed by atoms with van der Waals surface area (Å²) in [6.07, 6.45) is 2.48. The number of amides is 2. The lowest BCUT2D eigenvalue weighted by Crippen LogP contribution is -2.33. The van der Waals surface area contributed by atoms with Gasteiger partial charge in [-0.2, -0.15) is 0 Å². The van der Waals surface area contributed by atoms with Crippen LogP contribution in [0.4, 0.5) is 14.9 Å². The maximum atomic E-state index is 13.6. The maximum absolute atomic E-state index is 13.6. The van der Waals surface area contributed by atoms with E-state index in [4.69, 9.17) is 4.74 Å². The smallest absolute Gasteiger partial charge is 0.408 e. The number of rotatable bonds is 8. The molecule has 3 rings (SSSR count). The molecule has 1 aromatic heterocycles. The largest absolute Gasteiger partial charge is 0.415 e. The van der Waals surface area contributed by atoms with E-state index in [2.05, 4.69) is 5.32 Å². The van der Waals surface area contributed by atoms with E-state index >= 15 is 0 Å². The number of nitrogens with one attached hydrogen (secondary N) is 1. The van der Waals surface area contributed by atoms with Crippen LogP contribution in [0.3, 0.4) is 0 Å². The van der Waals surface area contributed by atoms with Crippen molar-refractivity contribution in [3.05, 3.63) is 60.0 Å². The number of anilines is 1. The molecule has 0 aliphatic rings. The molecule has 0 atom stereocenters. The number of carbonyl (C=O) groups excluding carboxylic acids is 2. The molecule has 0 spiro atoms. The zero-order chi connectivity index (χ0) is 22.4. The first-order valence-electron chi connectivity index (χ1n) is 10.6. The average Bonchev–Trinajstić information content (AvgIpc) is 3.14. The Labute approximate surface area is 181 Å². The topological polar surface area (TPSA) is 63.6 Å². The summed E-state index contributed by atoms with van der Waals surface area (Å²) in [6, 6.07) is 11.8. The maximum Gasteiger partial charge on any atom is 0.415 e. The predicted octanol–water partition coefficient (Wildman–Crippen LogP) is 5.41. The van der Waals surface area contributed by atoms with Crippen LogP contribution in [-0.2, 0) is 11.3 Å². The van der Waals surface area contributed by atoms with E-state index in [0.29, 0.717) is 43.9 Å². The zero-order valence-corrected chi connectivity index (χ0v) is 18.2. The Bertz CT molecular complexity index is 1070. The molecule has 2 amide bonds. The number of aromatic nitrogens is 1. The summed E-state index contributed by atoms with van der Waals surface area (Å²) in [5.74, 6) is -0.127. The van der Waals surface area contributed by atoms with E-state index in [0.717, 1.165) is 16.5 Å². The number of ether oxygens (including phenoxy) is 1. The first kappa shape index (κ1) is 22.3. The molecular weight excluding hydrogens is 397 g/mol. The van der Waals surface area contributed by atoms with Crippen LogP contribution in [0.1, 0.15) is 39.2 Å². The van der Waals surface area contributed by atoms with Gasteiger partial charge in [0.05, 0.1) is 11.2 Å². The fourth-order valence-corrected chi connectivity index (χ4v) is 3.51. The van der Waals surface area contributed by atoms with Gasteiger partial charge in [0.1, 0.15) is 5.82 Å². The van der Waals surface area contributed by atoms with Gasteiger partial charge in [0.2, 0.25) is 5.91 Å². The third-order valence-electron chi connectivity index (χ3n) is 5.12. The second-order valence-electron chi connectivity index (χ2n) is 7.28. The van der Waals surface area contributed by atoms with Gasteiger partial charge in [0, 0.05) is 37.6 Å². The van der Waals surface area contributed by atoms with E-state index in [1.165, 1.54) is 12.1 Å². The first-order valence-corrected chi connectivity index (χ1v) is 10.6. The minimum absolute atomic E-state index is 0.145. The van der Waals surface area contributed by atoms with Crippen LogP contribution in [0.25, 0.3) is 10.9 Å². The Balaban J connectivity index is 1.99. The van der Waals surface area contributed by atoms with Crippen LogP contribution in [-0.4, -0.2) is 34.6 Å². The molecule has 0 aliphatic carbocycles. The van der Waals surface area contributed by atoms with E-state index in [-0.39, 0.29) is 11.7 Å². The van der Waals surface area contributed by atoms with Crippen molar-refractivity contribution in [1.29, 1.82) is 0 Å². The number of carbonyl (C=O) groups is 2. The minimum atomic E-state index is -0.463. The Kier molecular flexibility index (Phi) is 7.28. The molecule has 0 saturated carbocycles. The van der Waals surface area contributed by atoms with E-state index in [9.17, 15) is 14.0 Å². The van der Waals surface area contributed by atoms with Gasteiger partial charge in [0.25, 0.3) is 0 Å². The van der Waals surface area contributed by atoms with Gasteiger partial charge in [-0.25, -0.2) is 9.18 Å². The number of nitrogens with zero attached hydrogens (tertiary/aromatic N) is 2. The highest BCUT2D eigenvalue weighted by Crippen LogP contribution is 2.35. The normalized spacial score (nSPS) is 10.8. The fourth-order valence-electron chi connectivity index (χ4n) is 3.51. The quantitative estimate of drug-likeness (QED) is 0.525. The number of hydrogen-bond acceptors (Lipinski definition) is 3. The molecule has 1 N–H and O–H groups in total. The van der Waals surface area contributed by atoms with Crippen LogP contribution < -0.4 is 10.1 Å². The van der Waals surface area contributed by atoms with Gasteiger partial charge in [-0.1, -0.05) is 19.1 Å². The highest BCUT2D eigenvalue weighted by Gasteiger charge is 2.19. The number of halogens is 1. The van der Waals surface area contributed by atoms with Crippen molar-refractivity contribution in [2.24, 2.45) is 0 Å². The van der Waals surface area contributed by atoms with Crippen LogP contribution in [0.2, 0.25) is 0 Å². The van der Waals surface area contributed by atoms with E-state index in [1.54, 1.807) is 17.0 Å². The summed E-state index contributed by atoms with van der Waals surface area (Å²) in [7, 11) is 0. The Morgan fingerprint density at radius 3 is 2.55 bits per heavy atom. The van der Waals surface area contributed by atoms with Crippen LogP contribution in [0.15, 0.2) is 48.7 Å². The van der Waals surface area contributed by atoms with Crippen molar-refractivity contribution in [2.75, 3.05) is 18.4 Å². The summed E-state index contributed by atoms with van der Waals surface area (Å²) >= 11 is 0. The molecule has 0 fully saturated rings. The van der Waals surface area contributed by atoms with Gasteiger partial charge in [0.15, 0.2) is 5.75 Å². The summed E-state index contributed by atoms with van der Waals surface area (Å²) in [5.41, 5.74) is 2.14. The second-order valence-corrected chi connectivity index (χ2v) is 7.28. The third-order valence-corrected chi connectivity index (χ3v) is 5.12. The fraction of sp³-hybridized carbons (Fsp3) is 0.333.